The van der Waals surface area contributed by atoms with Gasteiger partial charge >= 0.3 is 0 Å². The second-order valence-electron chi connectivity index (χ2n) is 9.85. The van der Waals surface area contributed by atoms with Crippen LogP contribution in [-0.4, -0.2) is 70.2 Å². The summed E-state index contributed by atoms with van der Waals surface area (Å²) in [6, 6.07) is 12.1. The number of H-pyrrole nitrogens is 1. The lowest BCUT2D eigenvalue weighted by atomic mass is 10.0. The van der Waals surface area contributed by atoms with E-state index < -0.39 is 0 Å². The standard InChI is InChI=1S/C28H32N8O/c37-28(32-23-5-7-26(31-18-23)36-12-8-29-9-13-36)27-24-15-21(4-6-25(24)33-34-27)22-14-20(16-30-17-22)19-35-10-2-1-3-11-35/h4-7,14-18,29H,1-3,8-13,19H2,(H,32,37)(H,33,34). The number of likely N-dealkylation sites (tertiary alicyclic amines) is 1. The lowest BCUT2D eigenvalue weighted by Crippen LogP contribution is -2.43. The maximum Gasteiger partial charge on any atom is 0.276 e. The van der Waals surface area contributed by atoms with Gasteiger partial charge in [-0.15, -0.1) is 0 Å². The Morgan fingerprint density at radius 2 is 1.78 bits per heavy atom. The molecule has 0 saturated carbocycles. The van der Waals surface area contributed by atoms with E-state index in [2.05, 4.69) is 46.7 Å². The maximum absolute atomic E-state index is 13.1. The van der Waals surface area contributed by atoms with Crippen molar-refractivity contribution in [2.75, 3.05) is 49.5 Å². The summed E-state index contributed by atoms with van der Waals surface area (Å²) in [4.78, 5) is 26.9. The number of aromatic amines is 1. The van der Waals surface area contributed by atoms with Crippen molar-refractivity contribution in [2.24, 2.45) is 0 Å². The molecule has 3 aromatic heterocycles. The molecule has 9 nitrogen and oxygen atoms in total. The van der Waals surface area contributed by atoms with Crippen LogP contribution >= 0.6 is 0 Å². The number of hydrogen-bond acceptors (Lipinski definition) is 7. The van der Waals surface area contributed by atoms with Crippen LogP contribution in [0.1, 0.15) is 35.3 Å². The first-order valence-corrected chi connectivity index (χ1v) is 13.1. The predicted molar refractivity (Wildman–Crippen MR) is 146 cm³/mol. The monoisotopic (exact) mass is 496 g/mol. The summed E-state index contributed by atoms with van der Waals surface area (Å²) in [5, 5.41) is 14.4. The Kier molecular flexibility index (Phi) is 6.79. The minimum Gasteiger partial charge on any atom is -0.354 e. The number of piperidine rings is 1. The topological polar surface area (TPSA) is 102 Å². The number of carbonyl (C=O) groups excluding carboxylic acids is 1. The Morgan fingerprint density at radius 3 is 2.59 bits per heavy atom. The number of fused-ring (bicyclic) bond motifs is 1. The molecule has 2 aliphatic rings. The molecule has 3 N–H and O–H groups in total. The first-order valence-electron chi connectivity index (χ1n) is 13.1. The molecule has 190 valence electrons. The summed E-state index contributed by atoms with van der Waals surface area (Å²) < 4.78 is 0. The number of amides is 1. The molecule has 4 aromatic rings. The van der Waals surface area contributed by atoms with Crippen molar-refractivity contribution >= 4 is 28.3 Å². The summed E-state index contributed by atoms with van der Waals surface area (Å²) in [6.45, 7) is 6.98. The third-order valence-electron chi connectivity index (χ3n) is 7.21. The number of pyridine rings is 2. The number of hydrogen-bond donors (Lipinski definition) is 3. The molecule has 37 heavy (non-hydrogen) atoms. The van der Waals surface area contributed by atoms with Crippen molar-refractivity contribution in [3.8, 4) is 11.1 Å². The second-order valence-corrected chi connectivity index (χ2v) is 9.85. The second kappa shape index (κ2) is 10.7. The number of piperazine rings is 1. The van der Waals surface area contributed by atoms with Crippen molar-refractivity contribution in [3.05, 3.63) is 66.2 Å². The van der Waals surface area contributed by atoms with Crippen LogP contribution in [0.25, 0.3) is 22.0 Å². The van der Waals surface area contributed by atoms with E-state index >= 15 is 0 Å². The summed E-state index contributed by atoms with van der Waals surface area (Å²) in [7, 11) is 0. The van der Waals surface area contributed by atoms with E-state index in [1.165, 1.54) is 24.8 Å². The Hall–Kier alpha value is -3.82. The number of anilines is 2. The Bertz CT molecular complexity index is 1370. The molecule has 5 heterocycles. The van der Waals surface area contributed by atoms with E-state index in [4.69, 9.17) is 0 Å². The van der Waals surface area contributed by atoms with Crippen LogP contribution in [0.5, 0.6) is 0 Å². The van der Waals surface area contributed by atoms with Crippen LogP contribution in [0, 0.1) is 0 Å². The fourth-order valence-electron chi connectivity index (χ4n) is 5.21. The van der Waals surface area contributed by atoms with Gasteiger partial charge in [0.1, 0.15) is 5.82 Å². The van der Waals surface area contributed by atoms with Crippen LogP contribution < -0.4 is 15.5 Å². The van der Waals surface area contributed by atoms with Gasteiger partial charge in [-0.25, -0.2) is 4.98 Å². The van der Waals surface area contributed by atoms with E-state index in [0.29, 0.717) is 11.4 Å². The fourth-order valence-corrected chi connectivity index (χ4v) is 5.21. The fraction of sp³-hybridized carbons (Fsp3) is 0.357. The summed E-state index contributed by atoms with van der Waals surface area (Å²) in [6.07, 6.45) is 9.40. The highest BCUT2D eigenvalue weighted by molar-refractivity contribution is 6.11. The molecule has 1 aromatic carbocycles. The molecule has 2 saturated heterocycles. The normalized spacial score (nSPS) is 16.7. The molecule has 0 spiro atoms. The molecule has 2 aliphatic heterocycles. The molecule has 1 amide bonds. The molecule has 0 aliphatic carbocycles. The molecule has 6 rings (SSSR count). The van der Waals surface area contributed by atoms with Gasteiger partial charge in [-0.3, -0.25) is 19.8 Å². The van der Waals surface area contributed by atoms with Crippen LogP contribution in [0.2, 0.25) is 0 Å². The van der Waals surface area contributed by atoms with Gasteiger partial charge in [-0.2, -0.15) is 5.10 Å². The summed E-state index contributed by atoms with van der Waals surface area (Å²) >= 11 is 0. The number of nitrogens with one attached hydrogen (secondary N) is 3. The van der Waals surface area contributed by atoms with E-state index in [9.17, 15) is 4.79 Å². The van der Waals surface area contributed by atoms with Crippen molar-refractivity contribution in [3.63, 3.8) is 0 Å². The smallest absolute Gasteiger partial charge is 0.276 e. The highest BCUT2D eigenvalue weighted by atomic mass is 16.1. The van der Waals surface area contributed by atoms with Crippen LogP contribution in [0.3, 0.4) is 0 Å². The lowest BCUT2D eigenvalue weighted by molar-refractivity contribution is 0.102. The number of benzene rings is 1. The maximum atomic E-state index is 13.1. The molecule has 0 bridgehead atoms. The molecule has 9 heteroatoms. The van der Waals surface area contributed by atoms with Gasteiger partial charge in [0, 0.05) is 56.1 Å². The van der Waals surface area contributed by atoms with E-state index in [0.717, 1.165) is 73.7 Å². The zero-order valence-corrected chi connectivity index (χ0v) is 20.9. The highest BCUT2D eigenvalue weighted by Crippen LogP contribution is 2.27. The zero-order chi connectivity index (χ0) is 25.0. The average molecular weight is 497 g/mol. The molecule has 0 radical (unpaired) electrons. The minimum absolute atomic E-state index is 0.267. The largest absolute Gasteiger partial charge is 0.354 e. The summed E-state index contributed by atoms with van der Waals surface area (Å²) in [5.74, 6) is 0.655. The number of carbonyl (C=O) groups is 1. The van der Waals surface area contributed by atoms with E-state index in [-0.39, 0.29) is 5.91 Å². The highest BCUT2D eigenvalue weighted by Gasteiger charge is 2.17. The Labute approximate surface area is 216 Å². The molecule has 2 fully saturated rings. The van der Waals surface area contributed by atoms with Gasteiger partial charge in [0.2, 0.25) is 0 Å². The van der Waals surface area contributed by atoms with E-state index in [1.54, 1.807) is 6.20 Å². The Morgan fingerprint density at radius 1 is 0.919 bits per heavy atom. The quantitative estimate of drug-likeness (QED) is 0.374. The van der Waals surface area contributed by atoms with Crippen LogP contribution in [0.4, 0.5) is 11.5 Å². The van der Waals surface area contributed by atoms with Gasteiger partial charge in [0.05, 0.1) is 17.4 Å². The molecular formula is C28H32N8O. The Balaban J connectivity index is 1.19. The van der Waals surface area contributed by atoms with Gasteiger partial charge in [0.25, 0.3) is 5.91 Å². The number of rotatable bonds is 6. The van der Waals surface area contributed by atoms with Gasteiger partial charge < -0.3 is 15.5 Å². The van der Waals surface area contributed by atoms with Crippen LogP contribution in [-0.2, 0) is 6.54 Å². The first-order chi connectivity index (χ1) is 18.2. The van der Waals surface area contributed by atoms with Crippen molar-refractivity contribution in [1.82, 2.24) is 30.4 Å². The number of nitrogens with zero attached hydrogens (tertiary/aromatic N) is 5. The number of aromatic nitrogens is 4. The third kappa shape index (κ3) is 5.33. The van der Waals surface area contributed by atoms with Crippen molar-refractivity contribution < 1.29 is 4.79 Å². The lowest BCUT2D eigenvalue weighted by Gasteiger charge is -2.28. The first kappa shape index (κ1) is 23.6. The van der Waals surface area contributed by atoms with Crippen molar-refractivity contribution in [2.45, 2.75) is 25.8 Å². The van der Waals surface area contributed by atoms with Gasteiger partial charge in [-0.1, -0.05) is 12.5 Å². The van der Waals surface area contributed by atoms with Crippen molar-refractivity contribution in [1.29, 1.82) is 0 Å². The SMILES string of the molecule is O=C(Nc1ccc(N2CCNCC2)nc1)c1n[nH]c2ccc(-c3cncc(CN4CCCCC4)c3)cc12. The van der Waals surface area contributed by atoms with Gasteiger partial charge in [0.15, 0.2) is 5.69 Å². The average Bonchev–Trinajstić information content (AvgIpc) is 3.38. The molecular weight excluding hydrogens is 464 g/mol. The molecule has 0 unspecified atom stereocenters. The zero-order valence-electron chi connectivity index (χ0n) is 20.9. The summed E-state index contributed by atoms with van der Waals surface area (Å²) in [5.41, 5.74) is 5.08. The third-order valence-corrected chi connectivity index (χ3v) is 7.21. The van der Waals surface area contributed by atoms with Gasteiger partial charge in [-0.05, 0) is 67.4 Å². The predicted octanol–water partition coefficient (Wildman–Crippen LogP) is 3.67. The van der Waals surface area contributed by atoms with Crippen LogP contribution in [0.15, 0.2) is 55.0 Å². The minimum atomic E-state index is -0.267. The van der Waals surface area contributed by atoms with E-state index in [1.807, 2.05) is 42.7 Å². The molecule has 0 atom stereocenters.